The zero-order valence-electron chi connectivity index (χ0n) is 25.9. The second-order valence-corrected chi connectivity index (χ2v) is 14.1. The fourth-order valence-electron chi connectivity index (χ4n) is 3.34. The van der Waals surface area contributed by atoms with E-state index in [4.69, 9.17) is 33.9 Å². The van der Waals surface area contributed by atoms with Gasteiger partial charge in [0, 0.05) is 35.0 Å². The van der Waals surface area contributed by atoms with Crippen LogP contribution in [0.4, 0.5) is 0 Å². The molecule has 0 radical (unpaired) electrons. The van der Waals surface area contributed by atoms with Gasteiger partial charge in [0.05, 0.1) is 49.9 Å². The molecule has 0 fully saturated rings. The lowest BCUT2D eigenvalue weighted by Crippen LogP contribution is -2.43. The topological polar surface area (TPSA) is 201 Å². The monoisotopic (exact) mass is 776 g/mol. The van der Waals surface area contributed by atoms with Gasteiger partial charge in [-0.15, -0.1) is 0 Å². The number of ether oxygens (including phenoxy) is 2. The molecule has 4 atom stereocenters. The summed E-state index contributed by atoms with van der Waals surface area (Å²) in [4.78, 5) is 60.1. The summed E-state index contributed by atoms with van der Waals surface area (Å²) in [6, 6.07) is 3.11. The van der Waals surface area contributed by atoms with E-state index in [0.717, 1.165) is 0 Å². The Bertz CT molecular complexity index is 1280. The van der Waals surface area contributed by atoms with Crippen molar-refractivity contribution in [3.63, 3.8) is 0 Å². The van der Waals surface area contributed by atoms with Crippen LogP contribution >= 0.6 is 68.0 Å². The van der Waals surface area contributed by atoms with Gasteiger partial charge >= 0.3 is 11.9 Å². The van der Waals surface area contributed by atoms with E-state index >= 15 is 0 Å². The minimum Gasteiger partial charge on any atom is -0.464 e. The maximum Gasteiger partial charge on any atom is 0.329 e. The fraction of sp³-hybridized carbons (Fsp3) is 0.429. The molecule has 0 saturated carbocycles. The summed E-state index contributed by atoms with van der Waals surface area (Å²) in [7, 11) is 4.81. The number of aromatic nitrogens is 2. The van der Waals surface area contributed by atoms with E-state index in [9.17, 15) is 29.4 Å². The molecule has 0 aliphatic heterocycles. The third-order valence-corrected chi connectivity index (χ3v) is 10.5. The SMILES string of the molecule is CCOC(=O)C(CSSN[C@@H](C=S)CO)NC(=O)c1ccnc(-c2cc(C(=O)NC(CSSN[C@@H](C=S)CO)C(=O)OCC)ccn2)c1. The van der Waals surface area contributed by atoms with Crippen molar-refractivity contribution in [3.8, 4) is 11.4 Å². The van der Waals surface area contributed by atoms with E-state index in [1.807, 2.05) is 0 Å². The molecule has 0 aliphatic carbocycles. The maximum absolute atomic E-state index is 13.2. The average molecular weight is 777 g/mol. The van der Waals surface area contributed by atoms with Crippen LogP contribution in [-0.2, 0) is 19.1 Å². The molecule has 0 aliphatic rings. The van der Waals surface area contributed by atoms with Gasteiger partial charge in [0.25, 0.3) is 11.8 Å². The summed E-state index contributed by atoms with van der Waals surface area (Å²) in [6.45, 7) is 3.20. The smallest absolute Gasteiger partial charge is 0.329 e. The molecule has 20 heteroatoms. The number of hydrogen-bond acceptors (Lipinski definition) is 18. The van der Waals surface area contributed by atoms with Gasteiger partial charge < -0.3 is 30.3 Å². The number of pyridine rings is 2. The highest BCUT2D eigenvalue weighted by molar-refractivity contribution is 8.76. The standard InChI is InChI=1S/C28H36N6O8S6/c1-3-41-27(39)23(15-45-47-33-19(11-35)13-43)31-25(37)17-5-7-29-21(9-17)22-10-18(6-8-30-22)26(38)32-24(28(40)42-4-2)16-46-48-34-20(12-36)14-44/h5-10,13-14,19-20,23-24,33-36H,3-4,11-12,15-16H2,1-2H3,(H,31,37)(H,32,38)/t19-,20-,23?,24?/m1/s1. The highest BCUT2D eigenvalue weighted by Gasteiger charge is 2.25. The lowest BCUT2D eigenvalue weighted by Gasteiger charge is -2.18. The van der Waals surface area contributed by atoms with Crippen molar-refractivity contribution in [3.05, 3.63) is 47.8 Å². The highest BCUT2D eigenvalue weighted by Crippen LogP contribution is 2.22. The van der Waals surface area contributed by atoms with E-state index in [1.165, 1.54) is 90.9 Å². The summed E-state index contributed by atoms with van der Waals surface area (Å²) >= 11 is 9.66. The molecule has 2 rings (SSSR count). The molecule has 2 aromatic heterocycles. The molecule has 0 aromatic carbocycles. The Labute approximate surface area is 304 Å². The first-order chi connectivity index (χ1) is 23.2. The first-order valence-electron chi connectivity index (χ1n) is 14.3. The van der Waals surface area contributed by atoms with Crippen LogP contribution < -0.4 is 20.1 Å². The Morgan fingerprint density at radius 2 is 1.17 bits per heavy atom. The molecule has 14 nitrogen and oxygen atoms in total. The Hall–Kier alpha value is -2.40. The van der Waals surface area contributed by atoms with E-state index < -0.39 is 47.9 Å². The number of carbonyl (C=O) groups is 4. The number of nitrogens with zero attached hydrogens (tertiary/aromatic N) is 2. The van der Waals surface area contributed by atoms with Gasteiger partial charge in [0.15, 0.2) is 0 Å². The lowest BCUT2D eigenvalue weighted by molar-refractivity contribution is -0.145. The number of hydrogen-bond donors (Lipinski definition) is 6. The molecule has 0 spiro atoms. The zero-order chi connectivity index (χ0) is 35.3. The van der Waals surface area contributed by atoms with E-state index in [-0.39, 0.29) is 60.4 Å². The predicted octanol–water partition coefficient (Wildman–Crippen LogP) is 1.96. The molecule has 0 saturated heterocycles. The second-order valence-electron chi connectivity index (χ2n) is 9.24. The van der Waals surface area contributed by atoms with Gasteiger partial charge in [-0.3, -0.25) is 19.6 Å². The predicted molar refractivity (Wildman–Crippen MR) is 199 cm³/mol. The number of nitrogens with one attached hydrogen (secondary N) is 4. The molecule has 2 aromatic rings. The zero-order valence-corrected chi connectivity index (χ0v) is 30.8. The molecule has 48 heavy (non-hydrogen) atoms. The molecule has 2 heterocycles. The van der Waals surface area contributed by atoms with Crippen LogP contribution in [0.1, 0.15) is 34.6 Å². The highest BCUT2D eigenvalue weighted by atomic mass is 33.1. The third-order valence-electron chi connectivity index (χ3n) is 5.77. The molecule has 0 bridgehead atoms. The Morgan fingerprint density at radius 1 is 0.771 bits per heavy atom. The van der Waals surface area contributed by atoms with Crippen molar-refractivity contribution in [1.29, 1.82) is 0 Å². The number of aliphatic hydroxyl groups is 2. The number of aliphatic hydroxyl groups excluding tert-OH is 2. The fourth-order valence-corrected chi connectivity index (χ4v) is 7.71. The third kappa shape index (κ3) is 14.6. The first-order valence-corrected chi connectivity index (χ1v) is 19.9. The van der Waals surface area contributed by atoms with Crippen molar-refractivity contribution in [2.75, 3.05) is 37.9 Å². The Balaban J connectivity index is 2.14. The van der Waals surface area contributed by atoms with Gasteiger partial charge in [-0.2, -0.15) is 0 Å². The largest absolute Gasteiger partial charge is 0.464 e. The molecule has 6 N–H and O–H groups in total. The van der Waals surface area contributed by atoms with Gasteiger partial charge in [0.1, 0.15) is 12.1 Å². The van der Waals surface area contributed by atoms with Gasteiger partial charge in [0.2, 0.25) is 0 Å². The Morgan fingerprint density at radius 3 is 1.50 bits per heavy atom. The van der Waals surface area contributed by atoms with Gasteiger partial charge in [-0.05, 0) is 70.8 Å². The van der Waals surface area contributed by atoms with Gasteiger partial charge in [-0.1, -0.05) is 46.0 Å². The first kappa shape index (κ1) is 41.8. The minimum absolute atomic E-state index is 0.128. The number of thiocarbonyl (C=S) groups is 2. The summed E-state index contributed by atoms with van der Waals surface area (Å²) < 4.78 is 16.1. The van der Waals surface area contributed by atoms with Crippen molar-refractivity contribution in [1.82, 2.24) is 30.0 Å². The van der Waals surface area contributed by atoms with Crippen LogP contribution in [0.5, 0.6) is 0 Å². The molecular weight excluding hydrogens is 741 g/mol. The second kappa shape index (κ2) is 23.9. The van der Waals surface area contributed by atoms with Crippen molar-refractivity contribution >= 4 is 102 Å². The Kier molecular flexibility index (Phi) is 20.8. The van der Waals surface area contributed by atoms with Gasteiger partial charge in [-0.25, -0.2) is 19.0 Å². The van der Waals surface area contributed by atoms with Crippen molar-refractivity contribution < 1.29 is 38.9 Å². The van der Waals surface area contributed by atoms with Crippen LogP contribution in [0.3, 0.4) is 0 Å². The lowest BCUT2D eigenvalue weighted by atomic mass is 10.1. The van der Waals surface area contributed by atoms with Crippen LogP contribution in [0, 0.1) is 0 Å². The number of carbonyl (C=O) groups excluding carboxylic acids is 4. The van der Waals surface area contributed by atoms with Crippen LogP contribution in [0.15, 0.2) is 36.7 Å². The average Bonchev–Trinajstić information content (AvgIpc) is 3.10. The molecule has 2 amide bonds. The number of esters is 2. The van der Waals surface area contributed by atoms with Crippen LogP contribution in [-0.4, -0.2) is 117 Å². The summed E-state index contributed by atoms with van der Waals surface area (Å²) in [5.74, 6) is -2.03. The van der Waals surface area contributed by atoms with Crippen LogP contribution in [0.2, 0.25) is 0 Å². The molecular formula is C28H36N6O8S6. The van der Waals surface area contributed by atoms with Crippen LogP contribution in [0.25, 0.3) is 11.4 Å². The number of amides is 2. The quantitative estimate of drug-likeness (QED) is 0.0314. The minimum atomic E-state index is -0.977. The molecule has 2 unspecified atom stereocenters. The van der Waals surface area contributed by atoms with E-state index in [2.05, 4.69) is 30.0 Å². The summed E-state index contributed by atoms with van der Waals surface area (Å²) in [5.41, 5.74) is 0.938. The molecule has 262 valence electrons. The van der Waals surface area contributed by atoms with Crippen molar-refractivity contribution in [2.45, 2.75) is 38.0 Å². The van der Waals surface area contributed by atoms with Crippen molar-refractivity contribution in [2.24, 2.45) is 0 Å². The summed E-state index contributed by atoms with van der Waals surface area (Å²) in [5, 5.41) is 26.6. The maximum atomic E-state index is 13.2. The van der Waals surface area contributed by atoms with E-state index in [0.29, 0.717) is 0 Å². The number of rotatable bonds is 23. The normalized spacial score (nSPS) is 13.3. The van der Waals surface area contributed by atoms with E-state index in [1.54, 1.807) is 13.8 Å². The summed E-state index contributed by atoms with van der Waals surface area (Å²) in [6.07, 6.45) is 2.80.